The number of thiophene rings is 1. The van der Waals surface area contributed by atoms with Crippen molar-refractivity contribution >= 4 is 45.9 Å². The molecule has 2 heterocycles. The monoisotopic (exact) mass is 458 g/mol. The number of aromatic carboxylic acids is 1. The molecule has 2 aromatic rings. The molecule has 4 N–H and O–H groups in total. The van der Waals surface area contributed by atoms with Gasteiger partial charge in [0, 0.05) is 29.5 Å². The van der Waals surface area contributed by atoms with Crippen molar-refractivity contribution in [3.8, 4) is 0 Å². The molecular weight excluding hydrogens is 440 g/mol. The fourth-order valence-corrected chi connectivity index (χ4v) is 4.19. The van der Waals surface area contributed by atoms with E-state index >= 15 is 0 Å². The van der Waals surface area contributed by atoms with Crippen LogP contribution in [0.5, 0.6) is 0 Å². The third-order valence-corrected chi connectivity index (χ3v) is 5.68. The number of ether oxygens (including phenoxy) is 1. The molecule has 32 heavy (non-hydrogen) atoms. The van der Waals surface area contributed by atoms with E-state index in [1.165, 1.54) is 0 Å². The number of aliphatic carboxylic acids is 1. The zero-order chi connectivity index (χ0) is 23.3. The summed E-state index contributed by atoms with van der Waals surface area (Å²) in [5.41, 5.74) is 0.681. The van der Waals surface area contributed by atoms with Crippen molar-refractivity contribution in [1.29, 1.82) is 0 Å². The topological polar surface area (TPSA) is 159 Å². The summed E-state index contributed by atoms with van der Waals surface area (Å²) in [5, 5.41) is 22.9. The van der Waals surface area contributed by atoms with Crippen molar-refractivity contribution in [1.82, 2.24) is 5.32 Å². The molecule has 0 saturated carbocycles. The first kappa shape index (κ1) is 22.8. The number of hydrogen-bond donors (Lipinski definition) is 4. The fourth-order valence-electron chi connectivity index (χ4n) is 3.05. The minimum atomic E-state index is -1.73. The number of allylic oxidation sites excluding steroid dienone is 1. The number of amides is 2. The molecule has 0 fully saturated rings. The maximum Gasteiger partial charge on any atom is 0.394 e. The number of fused-ring (bicyclic) bond motifs is 1. The average Bonchev–Trinajstić information content (AvgIpc) is 3.13. The van der Waals surface area contributed by atoms with E-state index in [4.69, 9.17) is 9.84 Å². The van der Waals surface area contributed by atoms with Crippen LogP contribution in [0.4, 0.5) is 5.00 Å². The second-order valence-corrected chi connectivity index (χ2v) is 7.82. The van der Waals surface area contributed by atoms with Crippen LogP contribution >= 0.6 is 11.3 Å². The highest BCUT2D eigenvalue weighted by Crippen LogP contribution is 2.37. The highest BCUT2D eigenvalue weighted by molar-refractivity contribution is 7.17. The van der Waals surface area contributed by atoms with E-state index in [0.29, 0.717) is 16.0 Å². The Hall–Kier alpha value is -3.83. The molecule has 0 radical (unpaired) electrons. The molecule has 1 aliphatic heterocycles. The number of nitrogens with one attached hydrogen (secondary N) is 2. The summed E-state index contributed by atoms with van der Waals surface area (Å²) in [5.74, 6) is -5.22. The molecule has 1 aliphatic rings. The standard InChI is InChI=1S/C21H18N2O8S/c24-14(11-4-2-1-3-5-11)6-7-16(25)22-9-12-8-13-15(10-31-12)32-19(17(13)20(27)28)23-18(26)21(29)30/h1-7,12H,8-10H2,(H,22,25)(H,23,26)(H,27,28)(H,29,30). The number of ketones is 1. The van der Waals surface area contributed by atoms with E-state index in [0.717, 1.165) is 23.5 Å². The maximum absolute atomic E-state index is 12.0. The van der Waals surface area contributed by atoms with Crippen LogP contribution in [0.2, 0.25) is 0 Å². The van der Waals surface area contributed by atoms with E-state index in [-0.39, 0.29) is 35.9 Å². The summed E-state index contributed by atoms with van der Waals surface area (Å²) in [6.45, 7) is 0.111. The molecule has 0 saturated heterocycles. The van der Waals surface area contributed by atoms with Gasteiger partial charge >= 0.3 is 17.8 Å². The van der Waals surface area contributed by atoms with E-state index in [1.807, 2.05) is 0 Å². The lowest BCUT2D eigenvalue weighted by atomic mass is 10.0. The first-order valence-electron chi connectivity index (χ1n) is 9.35. The second-order valence-electron chi connectivity index (χ2n) is 6.72. The third-order valence-electron chi connectivity index (χ3n) is 4.56. The number of rotatable bonds is 7. The minimum absolute atomic E-state index is 0.0477. The molecular formula is C21H18N2O8S. The lowest BCUT2D eigenvalue weighted by Crippen LogP contribution is -2.36. The molecule has 1 aromatic carbocycles. The van der Waals surface area contributed by atoms with Crippen molar-refractivity contribution in [3.05, 3.63) is 64.1 Å². The fraction of sp³-hybridized carbons (Fsp3) is 0.190. The van der Waals surface area contributed by atoms with Gasteiger partial charge in [0.15, 0.2) is 5.78 Å². The lowest BCUT2D eigenvalue weighted by molar-refractivity contribution is -0.147. The van der Waals surface area contributed by atoms with Crippen LogP contribution in [0.3, 0.4) is 0 Å². The van der Waals surface area contributed by atoms with Gasteiger partial charge in [-0.05, 0) is 11.6 Å². The number of carbonyl (C=O) groups is 5. The Labute approximate surface area is 185 Å². The van der Waals surface area contributed by atoms with Crippen LogP contribution in [0, 0.1) is 0 Å². The summed E-state index contributed by atoms with van der Waals surface area (Å²) >= 11 is 0.935. The van der Waals surface area contributed by atoms with Crippen molar-refractivity contribution in [2.75, 3.05) is 11.9 Å². The predicted octanol–water partition coefficient (Wildman–Crippen LogP) is 1.47. The smallest absolute Gasteiger partial charge is 0.394 e. The lowest BCUT2D eigenvalue weighted by Gasteiger charge is -2.23. The molecule has 11 heteroatoms. The van der Waals surface area contributed by atoms with Gasteiger partial charge in [-0.15, -0.1) is 11.3 Å². The minimum Gasteiger partial charge on any atom is -0.478 e. The van der Waals surface area contributed by atoms with Gasteiger partial charge in [0.05, 0.1) is 18.3 Å². The van der Waals surface area contributed by atoms with Crippen molar-refractivity contribution in [2.24, 2.45) is 0 Å². The number of carbonyl (C=O) groups excluding carboxylic acids is 3. The molecule has 10 nitrogen and oxygen atoms in total. The molecule has 1 atom stereocenters. The van der Waals surface area contributed by atoms with Crippen molar-refractivity contribution < 1.29 is 38.9 Å². The molecule has 0 aliphatic carbocycles. The molecule has 1 unspecified atom stereocenters. The number of carboxylic acids is 2. The van der Waals surface area contributed by atoms with Crippen LogP contribution in [0.25, 0.3) is 0 Å². The normalized spacial score (nSPS) is 15.1. The number of hydrogen-bond acceptors (Lipinski definition) is 7. The third kappa shape index (κ3) is 5.45. The van der Waals surface area contributed by atoms with Crippen LogP contribution in [-0.2, 0) is 32.1 Å². The highest BCUT2D eigenvalue weighted by Gasteiger charge is 2.31. The van der Waals surface area contributed by atoms with Crippen LogP contribution in [-0.4, -0.2) is 52.4 Å². The van der Waals surface area contributed by atoms with E-state index in [2.05, 4.69) is 10.6 Å². The summed E-state index contributed by atoms with van der Waals surface area (Å²) in [7, 11) is 0. The average molecular weight is 458 g/mol. The molecule has 166 valence electrons. The Bertz CT molecular complexity index is 1110. The summed E-state index contributed by atoms with van der Waals surface area (Å²) < 4.78 is 5.63. The summed E-state index contributed by atoms with van der Waals surface area (Å²) in [4.78, 5) is 58.5. The summed E-state index contributed by atoms with van der Waals surface area (Å²) in [6, 6.07) is 8.46. The van der Waals surface area contributed by atoms with Crippen LogP contribution < -0.4 is 10.6 Å². The molecule has 2 amide bonds. The molecule has 0 bridgehead atoms. The Morgan fingerprint density at radius 2 is 1.81 bits per heavy atom. The Morgan fingerprint density at radius 3 is 2.47 bits per heavy atom. The van der Waals surface area contributed by atoms with Gasteiger partial charge in [0.1, 0.15) is 5.00 Å². The van der Waals surface area contributed by atoms with Gasteiger partial charge in [-0.3, -0.25) is 14.4 Å². The zero-order valence-corrected chi connectivity index (χ0v) is 17.3. The van der Waals surface area contributed by atoms with Gasteiger partial charge in [0.2, 0.25) is 5.91 Å². The Balaban J connectivity index is 1.62. The number of carboxylic acid groups (broad SMARTS) is 2. The van der Waals surface area contributed by atoms with Crippen molar-refractivity contribution in [2.45, 2.75) is 19.1 Å². The zero-order valence-electron chi connectivity index (χ0n) is 16.5. The SMILES string of the molecule is O=C(C=CC(=O)c1ccccc1)NCC1Cc2c(sc(NC(=O)C(=O)O)c2C(=O)O)CO1. The van der Waals surface area contributed by atoms with Crippen molar-refractivity contribution in [3.63, 3.8) is 0 Å². The van der Waals surface area contributed by atoms with Gasteiger partial charge in [-0.1, -0.05) is 30.3 Å². The first-order chi connectivity index (χ1) is 15.3. The van der Waals surface area contributed by atoms with Gasteiger partial charge < -0.3 is 25.6 Å². The van der Waals surface area contributed by atoms with Crippen LogP contribution in [0.1, 0.15) is 31.2 Å². The van der Waals surface area contributed by atoms with Gasteiger partial charge in [0.25, 0.3) is 0 Å². The Morgan fingerprint density at radius 1 is 1.09 bits per heavy atom. The van der Waals surface area contributed by atoms with Crippen LogP contribution in [0.15, 0.2) is 42.5 Å². The Kier molecular flexibility index (Phi) is 7.13. The maximum atomic E-state index is 12.0. The van der Waals surface area contributed by atoms with E-state index in [9.17, 15) is 29.1 Å². The number of anilines is 1. The number of benzene rings is 1. The van der Waals surface area contributed by atoms with Gasteiger partial charge in [-0.2, -0.15) is 0 Å². The molecule has 3 rings (SSSR count). The largest absolute Gasteiger partial charge is 0.478 e. The molecule has 0 spiro atoms. The highest BCUT2D eigenvalue weighted by atomic mass is 32.1. The summed E-state index contributed by atoms with van der Waals surface area (Å²) in [6.07, 6.45) is 1.86. The first-order valence-corrected chi connectivity index (χ1v) is 10.2. The van der Waals surface area contributed by atoms with Gasteiger partial charge in [-0.25, -0.2) is 9.59 Å². The predicted molar refractivity (Wildman–Crippen MR) is 113 cm³/mol. The van der Waals surface area contributed by atoms with E-state index in [1.54, 1.807) is 30.3 Å². The molecule has 1 aromatic heterocycles. The second kappa shape index (κ2) is 9.98. The van der Waals surface area contributed by atoms with E-state index < -0.39 is 29.9 Å². The quantitative estimate of drug-likeness (QED) is 0.276.